The van der Waals surface area contributed by atoms with E-state index in [4.69, 9.17) is 0 Å². The molecule has 0 fully saturated rings. The zero-order valence-electron chi connectivity index (χ0n) is 7.83. The Labute approximate surface area is 76.2 Å². The van der Waals surface area contributed by atoms with Gasteiger partial charge in [-0.05, 0) is 13.8 Å². The molecule has 5 nitrogen and oxygen atoms in total. The van der Waals surface area contributed by atoms with Crippen LogP contribution in [0, 0.1) is 0 Å². The Morgan fingerprint density at radius 1 is 1.31 bits per heavy atom. The maximum absolute atomic E-state index is 11.0. The Bertz CT molecular complexity index is 219. The SMILES string of the molecule is CC=C(C(=O)OC)C(=O)OOCC. The van der Waals surface area contributed by atoms with Crippen LogP contribution in [0.1, 0.15) is 13.8 Å². The van der Waals surface area contributed by atoms with Gasteiger partial charge in [0.25, 0.3) is 0 Å². The van der Waals surface area contributed by atoms with E-state index < -0.39 is 11.9 Å². The van der Waals surface area contributed by atoms with E-state index in [9.17, 15) is 9.59 Å². The van der Waals surface area contributed by atoms with Crippen LogP contribution in [-0.2, 0) is 24.1 Å². The lowest BCUT2D eigenvalue weighted by molar-refractivity contribution is -0.265. The first-order valence-corrected chi connectivity index (χ1v) is 3.75. The van der Waals surface area contributed by atoms with Gasteiger partial charge in [-0.3, -0.25) is 4.89 Å². The molecule has 0 rings (SSSR count). The molecule has 0 aromatic carbocycles. The Balaban J connectivity index is 4.26. The van der Waals surface area contributed by atoms with Crippen molar-refractivity contribution in [2.24, 2.45) is 0 Å². The van der Waals surface area contributed by atoms with Gasteiger partial charge in [0, 0.05) is 0 Å². The van der Waals surface area contributed by atoms with E-state index in [0.29, 0.717) is 0 Å². The average molecular weight is 188 g/mol. The topological polar surface area (TPSA) is 61.8 Å². The standard InChI is InChI=1S/C8H12O5/c1-4-6(7(9)11-3)8(10)13-12-5-2/h4H,5H2,1-3H3. The van der Waals surface area contributed by atoms with E-state index in [1.807, 2.05) is 0 Å². The molecule has 0 saturated heterocycles. The number of carbonyl (C=O) groups is 2. The maximum Gasteiger partial charge on any atom is 0.380 e. The number of hydrogen-bond acceptors (Lipinski definition) is 5. The van der Waals surface area contributed by atoms with Crippen LogP contribution in [0.5, 0.6) is 0 Å². The molecule has 0 atom stereocenters. The molecular weight excluding hydrogens is 176 g/mol. The van der Waals surface area contributed by atoms with Crippen molar-refractivity contribution in [3.8, 4) is 0 Å². The highest BCUT2D eigenvalue weighted by molar-refractivity contribution is 6.13. The van der Waals surface area contributed by atoms with Crippen molar-refractivity contribution in [3.05, 3.63) is 11.6 Å². The van der Waals surface area contributed by atoms with E-state index in [-0.39, 0.29) is 12.2 Å². The predicted octanol–water partition coefficient (Wildman–Crippen LogP) is 0.600. The summed E-state index contributed by atoms with van der Waals surface area (Å²) >= 11 is 0. The first-order chi connectivity index (χ1) is 6.17. The van der Waals surface area contributed by atoms with E-state index in [1.54, 1.807) is 6.92 Å². The van der Waals surface area contributed by atoms with Crippen LogP contribution in [0.4, 0.5) is 0 Å². The minimum atomic E-state index is -0.851. The number of ether oxygens (including phenoxy) is 1. The van der Waals surface area contributed by atoms with Gasteiger partial charge < -0.3 is 4.74 Å². The fourth-order valence-corrected chi connectivity index (χ4v) is 0.586. The molecule has 5 heteroatoms. The first-order valence-electron chi connectivity index (χ1n) is 3.75. The highest BCUT2D eigenvalue weighted by Crippen LogP contribution is 2.00. The second kappa shape index (κ2) is 6.19. The number of methoxy groups -OCH3 is 1. The Kier molecular flexibility index (Phi) is 5.54. The number of rotatable bonds is 4. The van der Waals surface area contributed by atoms with Crippen LogP contribution in [-0.4, -0.2) is 25.7 Å². The van der Waals surface area contributed by atoms with Crippen LogP contribution in [0.25, 0.3) is 0 Å². The molecule has 0 N–H and O–H groups in total. The van der Waals surface area contributed by atoms with E-state index in [0.717, 1.165) is 0 Å². The second-order valence-corrected chi connectivity index (χ2v) is 1.97. The van der Waals surface area contributed by atoms with Crippen molar-refractivity contribution in [1.29, 1.82) is 0 Å². The molecule has 0 aromatic rings. The lowest BCUT2D eigenvalue weighted by Crippen LogP contribution is -2.17. The van der Waals surface area contributed by atoms with E-state index in [1.165, 1.54) is 20.1 Å². The molecule has 13 heavy (non-hydrogen) atoms. The molecule has 0 bridgehead atoms. The molecule has 0 spiro atoms. The number of carbonyl (C=O) groups excluding carboxylic acids is 2. The lowest BCUT2D eigenvalue weighted by atomic mass is 10.2. The molecule has 0 saturated carbocycles. The van der Waals surface area contributed by atoms with Gasteiger partial charge in [-0.15, -0.1) is 0 Å². The van der Waals surface area contributed by atoms with Gasteiger partial charge in [-0.1, -0.05) is 6.08 Å². The van der Waals surface area contributed by atoms with Crippen LogP contribution in [0.3, 0.4) is 0 Å². The van der Waals surface area contributed by atoms with Crippen LogP contribution in [0.15, 0.2) is 11.6 Å². The van der Waals surface area contributed by atoms with Gasteiger partial charge in [-0.2, -0.15) is 4.89 Å². The number of allylic oxidation sites excluding steroid dienone is 1. The largest absolute Gasteiger partial charge is 0.465 e. The zero-order chi connectivity index (χ0) is 10.3. The summed E-state index contributed by atoms with van der Waals surface area (Å²) in [6, 6.07) is 0. The lowest BCUT2D eigenvalue weighted by Gasteiger charge is -2.02. The van der Waals surface area contributed by atoms with Gasteiger partial charge in [-0.25, -0.2) is 9.59 Å². The average Bonchev–Trinajstić information content (AvgIpc) is 2.15. The quantitative estimate of drug-likeness (QED) is 0.161. The van der Waals surface area contributed by atoms with Gasteiger partial charge in [0.2, 0.25) is 0 Å². The minimum absolute atomic E-state index is 0.184. The van der Waals surface area contributed by atoms with E-state index in [2.05, 4.69) is 14.5 Å². The monoisotopic (exact) mass is 188 g/mol. The van der Waals surface area contributed by atoms with Gasteiger partial charge in [0.15, 0.2) is 0 Å². The third-order valence-electron chi connectivity index (χ3n) is 1.17. The van der Waals surface area contributed by atoms with E-state index >= 15 is 0 Å². The summed E-state index contributed by atoms with van der Waals surface area (Å²) in [5, 5.41) is 0. The third-order valence-corrected chi connectivity index (χ3v) is 1.17. The third kappa shape index (κ3) is 3.71. The van der Waals surface area contributed by atoms with Gasteiger partial charge in [0.05, 0.1) is 13.7 Å². The fourth-order valence-electron chi connectivity index (χ4n) is 0.586. The summed E-state index contributed by atoms with van der Waals surface area (Å²) in [5.74, 6) is -1.59. The normalized spacial score (nSPS) is 10.8. The molecule has 0 aliphatic heterocycles. The van der Waals surface area contributed by atoms with Crippen molar-refractivity contribution in [3.63, 3.8) is 0 Å². The molecule has 0 heterocycles. The van der Waals surface area contributed by atoms with Crippen molar-refractivity contribution >= 4 is 11.9 Å². The molecule has 0 amide bonds. The summed E-state index contributed by atoms with van der Waals surface area (Å²) in [4.78, 5) is 30.6. The molecule has 0 aliphatic carbocycles. The predicted molar refractivity (Wildman–Crippen MR) is 43.5 cm³/mol. The Hall–Kier alpha value is -1.36. The fraction of sp³-hybridized carbons (Fsp3) is 0.500. The second-order valence-electron chi connectivity index (χ2n) is 1.97. The van der Waals surface area contributed by atoms with Crippen molar-refractivity contribution in [1.82, 2.24) is 0 Å². The first kappa shape index (κ1) is 11.6. The molecule has 0 unspecified atom stereocenters. The summed E-state index contributed by atoms with van der Waals surface area (Å²) in [7, 11) is 1.18. The summed E-state index contributed by atoms with van der Waals surface area (Å²) in [6.45, 7) is 3.41. The number of esters is 1. The highest BCUT2D eigenvalue weighted by atomic mass is 17.2. The van der Waals surface area contributed by atoms with Crippen LogP contribution < -0.4 is 0 Å². The molecule has 0 aromatic heterocycles. The zero-order valence-corrected chi connectivity index (χ0v) is 7.83. The minimum Gasteiger partial charge on any atom is -0.465 e. The summed E-state index contributed by atoms with van der Waals surface area (Å²) < 4.78 is 4.34. The van der Waals surface area contributed by atoms with Crippen molar-refractivity contribution in [2.45, 2.75) is 13.8 Å². The Morgan fingerprint density at radius 3 is 2.31 bits per heavy atom. The highest BCUT2D eigenvalue weighted by Gasteiger charge is 2.20. The Morgan fingerprint density at radius 2 is 1.92 bits per heavy atom. The van der Waals surface area contributed by atoms with Crippen LogP contribution >= 0.6 is 0 Å². The summed E-state index contributed by atoms with van der Waals surface area (Å²) in [5.41, 5.74) is -0.184. The molecular formula is C8H12O5. The van der Waals surface area contributed by atoms with Gasteiger partial charge >= 0.3 is 11.9 Å². The number of hydrogen-bond donors (Lipinski definition) is 0. The smallest absolute Gasteiger partial charge is 0.380 e. The molecule has 0 aliphatic rings. The molecule has 0 radical (unpaired) electrons. The maximum atomic E-state index is 11.0. The van der Waals surface area contributed by atoms with Crippen molar-refractivity contribution in [2.75, 3.05) is 13.7 Å². The molecule has 74 valence electrons. The van der Waals surface area contributed by atoms with Crippen LogP contribution in [0.2, 0.25) is 0 Å². The van der Waals surface area contributed by atoms with Gasteiger partial charge in [0.1, 0.15) is 5.57 Å². The summed E-state index contributed by atoms with van der Waals surface area (Å²) in [6.07, 6.45) is 1.30. The van der Waals surface area contributed by atoms with Crippen molar-refractivity contribution < 1.29 is 24.1 Å².